The van der Waals surface area contributed by atoms with Gasteiger partial charge in [-0.1, -0.05) is 17.7 Å². The third-order valence-corrected chi connectivity index (χ3v) is 4.97. The molecule has 1 aliphatic heterocycles. The van der Waals surface area contributed by atoms with Gasteiger partial charge in [0.15, 0.2) is 0 Å². The van der Waals surface area contributed by atoms with Crippen LogP contribution >= 0.6 is 0 Å². The Morgan fingerprint density at radius 1 is 1.10 bits per heavy atom. The van der Waals surface area contributed by atoms with E-state index in [0.717, 1.165) is 28.8 Å². The van der Waals surface area contributed by atoms with E-state index in [0.29, 0.717) is 31.8 Å². The first-order valence-electron chi connectivity index (χ1n) is 9.54. The second kappa shape index (κ2) is 7.95. The number of nitrogens with zero attached hydrogens (tertiary/aromatic N) is 2. The number of aryl methyl sites for hydroxylation is 1. The van der Waals surface area contributed by atoms with Crippen molar-refractivity contribution < 1.29 is 22.7 Å². The molecule has 3 aromatic rings. The fourth-order valence-corrected chi connectivity index (χ4v) is 3.47. The van der Waals surface area contributed by atoms with Crippen LogP contribution in [0.3, 0.4) is 0 Å². The molecule has 1 fully saturated rings. The monoisotopic (exact) mass is 415 g/mol. The number of halogens is 3. The molecule has 4 rings (SSSR count). The van der Waals surface area contributed by atoms with E-state index in [1.165, 1.54) is 12.1 Å². The molecule has 0 bridgehead atoms. The van der Waals surface area contributed by atoms with Crippen molar-refractivity contribution in [3.8, 4) is 0 Å². The highest BCUT2D eigenvalue weighted by atomic mass is 19.4. The minimum Gasteiger partial charge on any atom is -0.378 e. The Morgan fingerprint density at radius 2 is 1.87 bits per heavy atom. The molecule has 30 heavy (non-hydrogen) atoms. The molecule has 156 valence electrons. The van der Waals surface area contributed by atoms with E-state index in [9.17, 15) is 18.0 Å². The summed E-state index contributed by atoms with van der Waals surface area (Å²) in [5.41, 5.74) is 1.97. The lowest BCUT2D eigenvalue weighted by Gasteiger charge is -2.30. The minimum absolute atomic E-state index is 0.0635. The van der Waals surface area contributed by atoms with E-state index >= 15 is 0 Å². The van der Waals surface area contributed by atoms with Gasteiger partial charge in [-0.3, -0.25) is 4.79 Å². The molecular weight excluding hydrogens is 395 g/mol. The summed E-state index contributed by atoms with van der Waals surface area (Å²) in [5, 5.41) is 3.46. The fourth-order valence-electron chi connectivity index (χ4n) is 3.47. The lowest BCUT2D eigenvalue weighted by molar-refractivity contribution is -0.137. The molecule has 0 radical (unpaired) electrons. The summed E-state index contributed by atoms with van der Waals surface area (Å²) in [6.45, 7) is 4.52. The second-order valence-electron chi connectivity index (χ2n) is 7.18. The average Bonchev–Trinajstić information content (AvgIpc) is 2.73. The predicted octanol–water partition coefficient (Wildman–Crippen LogP) is 4.65. The number of rotatable bonds is 3. The zero-order chi connectivity index (χ0) is 21.3. The van der Waals surface area contributed by atoms with Gasteiger partial charge in [-0.2, -0.15) is 13.2 Å². The normalized spacial score (nSPS) is 14.7. The first-order chi connectivity index (χ1) is 14.3. The van der Waals surface area contributed by atoms with Crippen molar-refractivity contribution in [2.45, 2.75) is 13.1 Å². The largest absolute Gasteiger partial charge is 0.416 e. The Morgan fingerprint density at radius 3 is 2.60 bits per heavy atom. The summed E-state index contributed by atoms with van der Waals surface area (Å²) in [6.07, 6.45) is -4.48. The van der Waals surface area contributed by atoms with Crippen molar-refractivity contribution in [2.75, 3.05) is 36.5 Å². The summed E-state index contributed by atoms with van der Waals surface area (Å²) >= 11 is 0. The summed E-state index contributed by atoms with van der Waals surface area (Å²) in [5.74, 6) is -0.564. The Bertz CT molecular complexity index is 1090. The van der Waals surface area contributed by atoms with Crippen molar-refractivity contribution in [3.63, 3.8) is 0 Å². The van der Waals surface area contributed by atoms with Crippen LogP contribution < -0.4 is 10.2 Å². The lowest BCUT2D eigenvalue weighted by Crippen LogP contribution is -2.36. The van der Waals surface area contributed by atoms with Crippen LogP contribution in [0.25, 0.3) is 10.9 Å². The number of anilines is 2. The molecule has 1 N–H and O–H groups in total. The third kappa shape index (κ3) is 4.23. The second-order valence-corrected chi connectivity index (χ2v) is 7.18. The van der Waals surface area contributed by atoms with E-state index < -0.39 is 17.6 Å². The number of carbonyl (C=O) groups is 1. The smallest absolute Gasteiger partial charge is 0.378 e. The molecule has 0 spiro atoms. The summed E-state index contributed by atoms with van der Waals surface area (Å²) in [7, 11) is 0. The number of fused-ring (bicyclic) bond motifs is 1. The van der Waals surface area contributed by atoms with Gasteiger partial charge in [-0.05, 0) is 43.3 Å². The third-order valence-electron chi connectivity index (χ3n) is 4.97. The minimum atomic E-state index is -4.48. The van der Waals surface area contributed by atoms with Gasteiger partial charge in [0.2, 0.25) is 0 Å². The van der Waals surface area contributed by atoms with Crippen molar-refractivity contribution >= 4 is 28.2 Å². The van der Waals surface area contributed by atoms with Gasteiger partial charge in [0.1, 0.15) is 5.69 Å². The lowest BCUT2D eigenvalue weighted by atomic mass is 10.1. The number of amides is 1. The number of pyridine rings is 1. The van der Waals surface area contributed by atoms with Crippen LogP contribution in [0.15, 0.2) is 48.5 Å². The number of carbonyl (C=O) groups excluding carboxylic acids is 1. The molecular formula is C22H20F3N3O2. The van der Waals surface area contributed by atoms with Gasteiger partial charge < -0.3 is 15.0 Å². The van der Waals surface area contributed by atoms with Crippen LogP contribution in [-0.2, 0) is 10.9 Å². The molecule has 0 saturated carbocycles. The maximum absolute atomic E-state index is 13.0. The van der Waals surface area contributed by atoms with Crippen molar-refractivity contribution in [1.29, 1.82) is 0 Å². The van der Waals surface area contributed by atoms with Gasteiger partial charge in [-0.25, -0.2) is 4.98 Å². The topological polar surface area (TPSA) is 54.5 Å². The van der Waals surface area contributed by atoms with Gasteiger partial charge in [-0.15, -0.1) is 0 Å². The van der Waals surface area contributed by atoms with Gasteiger partial charge in [0, 0.05) is 29.9 Å². The Kier molecular flexibility index (Phi) is 5.34. The van der Waals surface area contributed by atoms with Gasteiger partial charge >= 0.3 is 6.18 Å². The molecule has 2 heterocycles. The van der Waals surface area contributed by atoms with Crippen molar-refractivity contribution in [1.82, 2.24) is 4.98 Å². The molecule has 1 aliphatic rings. The molecule has 2 aromatic carbocycles. The van der Waals surface area contributed by atoms with E-state index in [-0.39, 0.29) is 11.4 Å². The molecule has 0 aliphatic carbocycles. The van der Waals surface area contributed by atoms with Crippen molar-refractivity contribution in [3.05, 3.63) is 65.4 Å². The first kappa shape index (κ1) is 20.2. The molecule has 0 unspecified atom stereocenters. The van der Waals surface area contributed by atoms with Crippen LogP contribution in [0.4, 0.5) is 24.5 Å². The van der Waals surface area contributed by atoms with E-state index in [1.807, 2.05) is 25.1 Å². The molecule has 1 amide bonds. The maximum Gasteiger partial charge on any atom is 0.416 e. The zero-order valence-electron chi connectivity index (χ0n) is 16.3. The molecule has 1 aromatic heterocycles. The fraction of sp³-hybridized carbons (Fsp3) is 0.273. The Hall–Kier alpha value is -3.13. The van der Waals surface area contributed by atoms with Crippen LogP contribution in [0.5, 0.6) is 0 Å². The number of aromatic nitrogens is 1. The summed E-state index contributed by atoms with van der Waals surface area (Å²) < 4.78 is 44.3. The highest BCUT2D eigenvalue weighted by molar-refractivity contribution is 6.06. The van der Waals surface area contributed by atoms with Crippen LogP contribution in [-0.4, -0.2) is 37.2 Å². The number of benzene rings is 2. The number of alkyl halides is 3. The number of ether oxygens (including phenoxy) is 1. The standard InChI is InChI=1S/C22H20F3N3O2/c1-14-5-6-18-17(11-14)20(28-7-9-30-10-8-28)13-19(27-18)21(29)26-16-4-2-3-15(12-16)22(23,24)25/h2-6,11-13H,7-10H2,1H3,(H,26,29). The molecule has 8 heteroatoms. The van der Waals surface area contributed by atoms with Gasteiger partial charge in [0.05, 0.1) is 24.3 Å². The first-order valence-corrected chi connectivity index (χ1v) is 9.54. The molecule has 1 saturated heterocycles. The number of hydrogen-bond donors (Lipinski definition) is 1. The highest BCUT2D eigenvalue weighted by Crippen LogP contribution is 2.31. The molecule has 5 nitrogen and oxygen atoms in total. The SMILES string of the molecule is Cc1ccc2nc(C(=O)Nc3cccc(C(F)(F)F)c3)cc(N3CCOCC3)c2c1. The van der Waals surface area contributed by atoms with E-state index in [1.54, 1.807) is 6.07 Å². The van der Waals surface area contributed by atoms with E-state index in [2.05, 4.69) is 15.2 Å². The molecule has 0 atom stereocenters. The number of nitrogens with one attached hydrogen (secondary N) is 1. The van der Waals surface area contributed by atoms with Crippen molar-refractivity contribution in [2.24, 2.45) is 0 Å². The predicted molar refractivity (Wildman–Crippen MR) is 109 cm³/mol. The zero-order valence-corrected chi connectivity index (χ0v) is 16.3. The van der Waals surface area contributed by atoms with Gasteiger partial charge in [0.25, 0.3) is 5.91 Å². The van der Waals surface area contributed by atoms with Crippen LogP contribution in [0.2, 0.25) is 0 Å². The highest BCUT2D eigenvalue weighted by Gasteiger charge is 2.30. The average molecular weight is 415 g/mol. The maximum atomic E-state index is 13.0. The quantitative estimate of drug-likeness (QED) is 0.677. The van der Waals surface area contributed by atoms with Crippen LogP contribution in [0.1, 0.15) is 21.6 Å². The van der Waals surface area contributed by atoms with E-state index in [4.69, 9.17) is 4.74 Å². The van der Waals surface area contributed by atoms with Crippen LogP contribution in [0, 0.1) is 6.92 Å². The number of morpholine rings is 1. The Balaban J connectivity index is 1.70. The number of hydrogen-bond acceptors (Lipinski definition) is 4. The summed E-state index contributed by atoms with van der Waals surface area (Å²) in [4.78, 5) is 19.4. The Labute approximate surface area is 171 Å². The summed E-state index contributed by atoms with van der Waals surface area (Å²) in [6, 6.07) is 12.0.